The largest absolute Gasteiger partial charge is 0.467 e. The molecule has 0 fully saturated rings. The highest BCUT2D eigenvalue weighted by molar-refractivity contribution is 5.90. The van der Waals surface area contributed by atoms with Crippen molar-refractivity contribution in [1.29, 1.82) is 0 Å². The van der Waals surface area contributed by atoms with Gasteiger partial charge in [-0.15, -0.1) is 0 Å². The lowest BCUT2D eigenvalue weighted by Crippen LogP contribution is -2.53. The predicted octanol–water partition coefficient (Wildman–Crippen LogP) is 2.39. The molecule has 6 nitrogen and oxygen atoms in total. The first-order chi connectivity index (χ1) is 14.2. The van der Waals surface area contributed by atoms with Crippen molar-refractivity contribution in [2.24, 2.45) is 0 Å². The molecular weight excluding hydrogens is 387 g/mol. The van der Waals surface area contributed by atoms with E-state index in [0.717, 1.165) is 16.7 Å². The van der Waals surface area contributed by atoms with Crippen molar-refractivity contribution < 1.29 is 23.5 Å². The van der Waals surface area contributed by atoms with Crippen LogP contribution in [0, 0.1) is 19.7 Å². The Bertz CT molecular complexity index is 909. The van der Waals surface area contributed by atoms with Crippen LogP contribution < -0.4 is 10.6 Å². The quantitative estimate of drug-likeness (QED) is 0.650. The van der Waals surface area contributed by atoms with Gasteiger partial charge in [-0.1, -0.05) is 30.3 Å². The van der Waals surface area contributed by atoms with E-state index in [1.165, 1.54) is 32.2 Å². The first-order valence-electron chi connectivity index (χ1n) is 9.66. The van der Waals surface area contributed by atoms with Gasteiger partial charge in [-0.3, -0.25) is 9.59 Å². The normalized spacial score (nSPS) is 12.6. The zero-order valence-corrected chi connectivity index (χ0v) is 17.6. The van der Waals surface area contributed by atoms with Crippen molar-refractivity contribution in [2.45, 2.75) is 45.7 Å². The molecule has 0 aliphatic carbocycles. The average Bonchev–Trinajstić information content (AvgIpc) is 2.68. The standard InChI is InChI=1S/C23H27FN2O4/c1-14-7-5-8-15(2)19(14)13-21(23(29)30-4)26-22(28)20(25-16(3)27)12-17-9-6-10-18(24)11-17/h5-11,20-21H,12-13H2,1-4H3,(H,25,27)(H,26,28)/t20-,21+/m1/s1. The van der Waals surface area contributed by atoms with Gasteiger partial charge in [0.1, 0.15) is 17.9 Å². The lowest BCUT2D eigenvalue weighted by atomic mass is 9.96. The minimum absolute atomic E-state index is 0.0838. The van der Waals surface area contributed by atoms with Crippen LogP contribution in [0.1, 0.15) is 29.2 Å². The van der Waals surface area contributed by atoms with Crippen LogP contribution in [-0.4, -0.2) is 37.0 Å². The number of carbonyl (C=O) groups is 3. The molecule has 2 amide bonds. The number of esters is 1. The van der Waals surface area contributed by atoms with Crippen LogP contribution >= 0.6 is 0 Å². The first-order valence-corrected chi connectivity index (χ1v) is 9.66. The zero-order valence-electron chi connectivity index (χ0n) is 17.6. The molecule has 0 saturated heterocycles. The summed E-state index contributed by atoms with van der Waals surface area (Å²) >= 11 is 0. The van der Waals surface area contributed by atoms with E-state index in [1.54, 1.807) is 6.07 Å². The number of hydrogen-bond acceptors (Lipinski definition) is 4. The Kier molecular flexibility index (Phi) is 8.09. The van der Waals surface area contributed by atoms with Gasteiger partial charge in [0.15, 0.2) is 0 Å². The van der Waals surface area contributed by atoms with Crippen LogP contribution in [0.3, 0.4) is 0 Å². The molecule has 2 N–H and O–H groups in total. The molecule has 0 aliphatic heterocycles. The lowest BCUT2D eigenvalue weighted by molar-refractivity contribution is -0.145. The minimum Gasteiger partial charge on any atom is -0.467 e. The number of carbonyl (C=O) groups excluding carboxylic acids is 3. The van der Waals surface area contributed by atoms with Crippen molar-refractivity contribution in [3.05, 3.63) is 70.5 Å². The van der Waals surface area contributed by atoms with Crippen LogP contribution in [0.2, 0.25) is 0 Å². The Morgan fingerprint density at radius 3 is 2.17 bits per heavy atom. The number of methoxy groups -OCH3 is 1. The monoisotopic (exact) mass is 414 g/mol. The maximum atomic E-state index is 13.5. The van der Waals surface area contributed by atoms with Gasteiger partial charge in [-0.25, -0.2) is 9.18 Å². The number of ether oxygens (including phenoxy) is 1. The van der Waals surface area contributed by atoms with Gasteiger partial charge in [0.05, 0.1) is 7.11 Å². The summed E-state index contributed by atoms with van der Waals surface area (Å²) in [5, 5.41) is 5.26. The number of nitrogens with one attached hydrogen (secondary N) is 2. The van der Waals surface area contributed by atoms with Crippen LogP contribution in [0.25, 0.3) is 0 Å². The third-order valence-electron chi connectivity index (χ3n) is 4.88. The third-order valence-corrected chi connectivity index (χ3v) is 4.88. The van der Waals surface area contributed by atoms with Crippen molar-refractivity contribution in [3.63, 3.8) is 0 Å². The van der Waals surface area contributed by atoms with E-state index in [4.69, 9.17) is 4.74 Å². The summed E-state index contributed by atoms with van der Waals surface area (Å²) in [5.74, 6) is -1.97. The summed E-state index contributed by atoms with van der Waals surface area (Å²) in [7, 11) is 1.25. The second kappa shape index (κ2) is 10.5. The molecule has 2 aromatic rings. The highest BCUT2D eigenvalue weighted by Gasteiger charge is 2.28. The van der Waals surface area contributed by atoms with E-state index in [-0.39, 0.29) is 12.8 Å². The summed E-state index contributed by atoms with van der Waals surface area (Å²) < 4.78 is 18.4. The molecule has 0 saturated carbocycles. The fourth-order valence-corrected chi connectivity index (χ4v) is 3.34. The summed E-state index contributed by atoms with van der Waals surface area (Å²) in [4.78, 5) is 36.9. The van der Waals surface area contributed by atoms with Gasteiger partial charge in [-0.05, 0) is 48.2 Å². The Morgan fingerprint density at radius 1 is 0.967 bits per heavy atom. The number of amides is 2. The smallest absolute Gasteiger partial charge is 0.328 e. The maximum absolute atomic E-state index is 13.5. The molecule has 0 bridgehead atoms. The van der Waals surface area contributed by atoms with Gasteiger partial charge in [-0.2, -0.15) is 0 Å². The van der Waals surface area contributed by atoms with Crippen LogP contribution in [0.5, 0.6) is 0 Å². The van der Waals surface area contributed by atoms with E-state index >= 15 is 0 Å². The number of benzene rings is 2. The topological polar surface area (TPSA) is 84.5 Å². The van der Waals surface area contributed by atoms with Gasteiger partial charge in [0, 0.05) is 19.8 Å². The van der Waals surface area contributed by atoms with E-state index < -0.39 is 35.7 Å². The van der Waals surface area contributed by atoms with Gasteiger partial charge >= 0.3 is 5.97 Å². The number of hydrogen-bond donors (Lipinski definition) is 2. The fraction of sp³-hybridized carbons (Fsp3) is 0.348. The van der Waals surface area contributed by atoms with E-state index in [0.29, 0.717) is 5.56 Å². The summed E-state index contributed by atoms with van der Waals surface area (Å²) in [6.07, 6.45) is 0.337. The Labute approximate surface area is 175 Å². The van der Waals surface area contributed by atoms with E-state index in [2.05, 4.69) is 10.6 Å². The van der Waals surface area contributed by atoms with Crippen LogP contribution in [-0.2, 0) is 32.0 Å². The molecule has 2 atom stereocenters. The second-order valence-corrected chi connectivity index (χ2v) is 7.25. The molecule has 0 heterocycles. The molecule has 0 aromatic heterocycles. The maximum Gasteiger partial charge on any atom is 0.328 e. The SMILES string of the molecule is COC(=O)[C@H](Cc1c(C)cccc1C)NC(=O)[C@@H](Cc1cccc(F)c1)NC(C)=O. The van der Waals surface area contributed by atoms with Gasteiger partial charge < -0.3 is 15.4 Å². The molecule has 0 unspecified atom stereocenters. The highest BCUT2D eigenvalue weighted by atomic mass is 19.1. The average molecular weight is 414 g/mol. The Hall–Kier alpha value is -3.22. The molecule has 2 rings (SSSR count). The first kappa shape index (κ1) is 23.1. The highest BCUT2D eigenvalue weighted by Crippen LogP contribution is 2.16. The predicted molar refractivity (Wildman–Crippen MR) is 111 cm³/mol. The molecule has 0 aliphatic rings. The second-order valence-electron chi connectivity index (χ2n) is 7.25. The summed E-state index contributed by atoms with van der Waals surface area (Å²) in [6.45, 7) is 5.16. The minimum atomic E-state index is -0.963. The molecule has 7 heteroatoms. The molecule has 0 spiro atoms. The lowest BCUT2D eigenvalue weighted by Gasteiger charge is -2.23. The van der Waals surface area contributed by atoms with Crippen LogP contribution in [0.15, 0.2) is 42.5 Å². The van der Waals surface area contributed by atoms with Crippen molar-refractivity contribution in [2.75, 3.05) is 7.11 Å². The number of aryl methyl sites for hydroxylation is 2. The zero-order chi connectivity index (χ0) is 22.3. The summed E-state index contributed by atoms with van der Waals surface area (Å²) in [5.41, 5.74) is 3.48. The number of halogens is 1. The van der Waals surface area contributed by atoms with Gasteiger partial charge in [0.2, 0.25) is 11.8 Å². The van der Waals surface area contributed by atoms with Crippen LogP contribution in [0.4, 0.5) is 4.39 Å². The summed E-state index contributed by atoms with van der Waals surface area (Å²) in [6, 6.07) is 9.70. The van der Waals surface area contributed by atoms with Crippen molar-refractivity contribution >= 4 is 17.8 Å². The van der Waals surface area contributed by atoms with Crippen molar-refractivity contribution in [3.8, 4) is 0 Å². The fourth-order valence-electron chi connectivity index (χ4n) is 3.34. The Morgan fingerprint density at radius 2 is 1.60 bits per heavy atom. The number of rotatable bonds is 8. The molecule has 0 radical (unpaired) electrons. The van der Waals surface area contributed by atoms with E-state index in [9.17, 15) is 18.8 Å². The van der Waals surface area contributed by atoms with Crippen molar-refractivity contribution in [1.82, 2.24) is 10.6 Å². The van der Waals surface area contributed by atoms with E-state index in [1.807, 2.05) is 32.0 Å². The molecule has 160 valence electrons. The molecule has 2 aromatic carbocycles. The van der Waals surface area contributed by atoms with Gasteiger partial charge in [0.25, 0.3) is 0 Å². The third kappa shape index (κ3) is 6.40. The molecular formula is C23H27FN2O4. The molecule has 30 heavy (non-hydrogen) atoms. The Balaban J connectivity index is 2.23.